The standard InChI is InChI=1S/C15H28O/c1-12-7-9-14(10-8-12)15(16)11-13-5-3-2-4-6-13/h12-16H,2-11H2,1H3. The first-order valence-electron chi connectivity index (χ1n) is 7.43. The van der Waals surface area contributed by atoms with Crippen molar-refractivity contribution < 1.29 is 5.11 Å². The van der Waals surface area contributed by atoms with E-state index in [9.17, 15) is 5.11 Å². The zero-order valence-electron chi connectivity index (χ0n) is 10.8. The minimum Gasteiger partial charge on any atom is -0.393 e. The lowest BCUT2D eigenvalue weighted by Crippen LogP contribution is -2.27. The van der Waals surface area contributed by atoms with Crippen LogP contribution >= 0.6 is 0 Å². The van der Waals surface area contributed by atoms with Crippen LogP contribution in [0.5, 0.6) is 0 Å². The fourth-order valence-corrected chi connectivity index (χ4v) is 3.63. The van der Waals surface area contributed by atoms with Gasteiger partial charge in [0.25, 0.3) is 0 Å². The van der Waals surface area contributed by atoms with Gasteiger partial charge >= 0.3 is 0 Å². The summed E-state index contributed by atoms with van der Waals surface area (Å²) >= 11 is 0. The van der Waals surface area contributed by atoms with Gasteiger partial charge in [0.1, 0.15) is 0 Å². The van der Waals surface area contributed by atoms with Crippen molar-refractivity contribution in [3.8, 4) is 0 Å². The van der Waals surface area contributed by atoms with Crippen LogP contribution in [-0.2, 0) is 0 Å². The van der Waals surface area contributed by atoms with Crippen molar-refractivity contribution in [3.05, 3.63) is 0 Å². The van der Waals surface area contributed by atoms with Crippen LogP contribution < -0.4 is 0 Å². The van der Waals surface area contributed by atoms with Crippen LogP contribution in [0.3, 0.4) is 0 Å². The summed E-state index contributed by atoms with van der Waals surface area (Å²) in [7, 11) is 0. The lowest BCUT2D eigenvalue weighted by atomic mass is 9.76. The molecular formula is C15H28O. The summed E-state index contributed by atoms with van der Waals surface area (Å²) in [6, 6.07) is 0. The summed E-state index contributed by atoms with van der Waals surface area (Å²) in [5.74, 6) is 2.36. The predicted molar refractivity (Wildman–Crippen MR) is 68.3 cm³/mol. The number of hydrogen-bond donors (Lipinski definition) is 1. The molecular weight excluding hydrogens is 196 g/mol. The summed E-state index contributed by atoms with van der Waals surface area (Å²) < 4.78 is 0. The molecule has 2 aliphatic carbocycles. The van der Waals surface area contributed by atoms with Crippen LogP contribution in [0.25, 0.3) is 0 Å². The van der Waals surface area contributed by atoms with Crippen LogP contribution in [0, 0.1) is 17.8 Å². The van der Waals surface area contributed by atoms with E-state index in [1.807, 2.05) is 0 Å². The Labute approximate surface area is 101 Å². The van der Waals surface area contributed by atoms with E-state index in [4.69, 9.17) is 0 Å². The zero-order valence-corrected chi connectivity index (χ0v) is 10.8. The van der Waals surface area contributed by atoms with E-state index >= 15 is 0 Å². The molecule has 16 heavy (non-hydrogen) atoms. The first kappa shape index (κ1) is 12.4. The van der Waals surface area contributed by atoms with Crippen LogP contribution in [0.2, 0.25) is 0 Å². The van der Waals surface area contributed by atoms with Gasteiger partial charge in [-0.05, 0) is 37.0 Å². The van der Waals surface area contributed by atoms with Gasteiger partial charge in [-0.25, -0.2) is 0 Å². The van der Waals surface area contributed by atoms with Crippen molar-refractivity contribution >= 4 is 0 Å². The van der Waals surface area contributed by atoms with E-state index in [2.05, 4.69) is 6.92 Å². The summed E-state index contributed by atoms with van der Waals surface area (Å²) in [6.07, 6.45) is 13.3. The van der Waals surface area contributed by atoms with Gasteiger partial charge in [0.2, 0.25) is 0 Å². The van der Waals surface area contributed by atoms with Crippen LogP contribution in [0.4, 0.5) is 0 Å². The summed E-state index contributed by atoms with van der Waals surface area (Å²) in [6.45, 7) is 2.35. The number of rotatable bonds is 3. The van der Waals surface area contributed by atoms with Gasteiger partial charge in [0, 0.05) is 0 Å². The van der Waals surface area contributed by atoms with Crippen molar-refractivity contribution in [1.82, 2.24) is 0 Å². The Morgan fingerprint density at radius 1 is 0.938 bits per heavy atom. The highest BCUT2D eigenvalue weighted by Crippen LogP contribution is 2.35. The van der Waals surface area contributed by atoms with E-state index in [1.54, 1.807) is 0 Å². The van der Waals surface area contributed by atoms with Gasteiger partial charge < -0.3 is 5.11 Å². The Bertz CT molecular complexity index is 188. The smallest absolute Gasteiger partial charge is 0.0571 e. The molecule has 2 aliphatic rings. The predicted octanol–water partition coefficient (Wildman–Crippen LogP) is 4.14. The molecule has 0 aliphatic heterocycles. The molecule has 1 nitrogen and oxygen atoms in total. The van der Waals surface area contributed by atoms with E-state index in [0.717, 1.165) is 18.3 Å². The molecule has 1 heteroatoms. The molecule has 2 fully saturated rings. The lowest BCUT2D eigenvalue weighted by Gasteiger charge is -2.32. The SMILES string of the molecule is CC1CCC(C(O)CC2CCCCC2)CC1. The van der Waals surface area contributed by atoms with Gasteiger partial charge in [0.05, 0.1) is 6.10 Å². The maximum absolute atomic E-state index is 10.3. The summed E-state index contributed by atoms with van der Waals surface area (Å²) in [4.78, 5) is 0. The fourth-order valence-electron chi connectivity index (χ4n) is 3.63. The third kappa shape index (κ3) is 3.48. The topological polar surface area (TPSA) is 20.2 Å². The number of hydrogen-bond acceptors (Lipinski definition) is 1. The highest BCUT2D eigenvalue weighted by atomic mass is 16.3. The van der Waals surface area contributed by atoms with Crippen molar-refractivity contribution in [3.63, 3.8) is 0 Å². The van der Waals surface area contributed by atoms with Gasteiger partial charge in [-0.3, -0.25) is 0 Å². The maximum Gasteiger partial charge on any atom is 0.0571 e. The summed E-state index contributed by atoms with van der Waals surface area (Å²) in [5, 5.41) is 10.3. The molecule has 0 spiro atoms. The third-order valence-electron chi connectivity index (χ3n) is 4.90. The van der Waals surface area contributed by atoms with Crippen LogP contribution in [-0.4, -0.2) is 11.2 Å². The monoisotopic (exact) mass is 224 g/mol. The quantitative estimate of drug-likeness (QED) is 0.763. The molecule has 0 aromatic heterocycles. The van der Waals surface area contributed by atoms with Crippen molar-refractivity contribution in [1.29, 1.82) is 0 Å². The Hall–Kier alpha value is -0.0400. The molecule has 94 valence electrons. The van der Waals surface area contributed by atoms with E-state index in [-0.39, 0.29) is 6.10 Å². The average Bonchev–Trinajstić information content (AvgIpc) is 2.31. The normalized spacial score (nSPS) is 34.9. The van der Waals surface area contributed by atoms with Crippen molar-refractivity contribution in [2.45, 2.75) is 77.2 Å². The second-order valence-corrected chi connectivity index (χ2v) is 6.33. The molecule has 0 bridgehead atoms. The minimum atomic E-state index is 0.00981. The second-order valence-electron chi connectivity index (χ2n) is 6.33. The van der Waals surface area contributed by atoms with Crippen LogP contribution in [0.1, 0.15) is 71.1 Å². The molecule has 0 radical (unpaired) electrons. The minimum absolute atomic E-state index is 0.00981. The van der Waals surface area contributed by atoms with Crippen molar-refractivity contribution in [2.75, 3.05) is 0 Å². The Balaban J connectivity index is 1.72. The van der Waals surface area contributed by atoms with Gasteiger partial charge in [-0.15, -0.1) is 0 Å². The largest absolute Gasteiger partial charge is 0.393 e. The van der Waals surface area contributed by atoms with Gasteiger partial charge in [0.15, 0.2) is 0 Å². The molecule has 2 rings (SSSR count). The molecule has 1 unspecified atom stereocenters. The first-order chi connectivity index (χ1) is 7.75. The molecule has 0 aromatic rings. The Kier molecular flexibility index (Phi) is 4.69. The molecule has 0 heterocycles. The molecule has 0 amide bonds. The van der Waals surface area contributed by atoms with Gasteiger partial charge in [-0.1, -0.05) is 51.9 Å². The first-order valence-corrected chi connectivity index (χ1v) is 7.43. The molecule has 1 N–H and O–H groups in total. The average molecular weight is 224 g/mol. The van der Waals surface area contributed by atoms with E-state index in [0.29, 0.717) is 5.92 Å². The highest BCUT2D eigenvalue weighted by Gasteiger charge is 2.27. The Morgan fingerprint density at radius 2 is 1.56 bits per heavy atom. The number of aliphatic hydroxyl groups is 1. The summed E-state index contributed by atoms with van der Waals surface area (Å²) in [5.41, 5.74) is 0. The lowest BCUT2D eigenvalue weighted by molar-refractivity contribution is 0.0494. The molecule has 1 atom stereocenters. The number of aliphatic hydroxyl groups excluding tert-OH is 1. The van der Waals surface area contributed by atoms with E-state index in [1.165, 1.54) is 57.8 Å². The highest BCUT2D eigenvalue weighted by molar-refractivity contribution is 4.79. The van der Waals surface area contributed by atoms with Crippen molar-refractivity contribution in [2.24, 2.45) is 17.8 Å². The fraction of sp³-hybridized carbons (Fsp3) is 1.00. The zero-order chi connectivity index (χ0) is 11.4. The van der Waals surface area contributed by atoms with Gasteiger partial charge in [-0.2, -0.15) is 0 Å². The third-order valence-corrected chi connectivity index (χ3v) is 4.90. The maximum atomic E-state index is 10.3. The molecule has 0 saturated heterocycles. The molecule has 2 saturated carbocycles. The van der Waals surface area contributed by atoms with E-state index < -0.39 is 0 Å². The van der Waals surface area contributed by atoms with Crippen LogP contribution in [0.15, 0.2) is 0 Å². The molecule has 0 aromatic carbocycles. The Morgan fingerprint density at radius 3 is 2.19 bits per heavy atom. The second kappa shape index (κ2) is 6.05.